The Morgan fingerprint density at radius 3 is 2.76 bits per heavy atom. The van der Waals surface area contributed by atoms with Crippen LogP contribution in [0.4, 0.5) is 10.9 Å². The summed E-state index contributed by atoms with van der Waals surface area (Å²) in [7, 11) is 0. The van der Waals surface area contributed by atoms with E-state index in [1.165, 1.54) is 17.7 Å². The fourth-order valence-corrected chi connectivity index (χ4v) is 6.09. The highest BCUT2D eigenvalue weighted by Gasteiger charge is 2.35. The van der Waals surface area contributed by atoms with Crippen LogP contribution in [0.25, 0.3) is 0 Å². The lowest BCUT2D eigenvalue weighted by molar-refractivity contribution is -0.119. The van der Waals surface area contributed by atoms with Crippen LogP contribution in [0.15, 0.2) is 6.33 Å². The standard InChI is InChI=1S/C23H29N7O3S/c31-18-7-14(10-24-18)27-23-29-26-11-30(23)15-5-6-17-16(8-15)19(21(33)25-9-12-1-2-12)22(34-17)28-20(32)13-3-4-13/h11-15H,1-10H2,(H,24,31)(H,25,33)(H,27,29)(H,28,32)/t14-,15+/m1/s1. The fourth-order valence-electron chi connectivity index (χ4n) is 4.84. The minimum atomic E-state index is -0.0891. The van der Waals surface area contributed by atoms with Gasteiger partial charge in [-0.3, -0.25) is 19.0 Å². The van der Waals surface area contributed by atoms with E-state index in [9.17, 15) is 14.4 Å². The molecule has 3 aliphatic carbocycles. The summed E-state index contributed by atoms with van der Waals surface area (Å²) in [5.41, 5.74) is 1.66. The van der Waals surface area contributed by atoms with Crippen LogP contribution in [-0.4, -0.2) is 51.6 Å². The number of aryl methyl sites for hydroxylation is 1. The van der Waals surface area contributed by atoms with Crippen LogP contribution in [0.5, 0.6) is 0 Å². The molecule has 1 saturated heterocycles. The van der Waals surface area contributed by atoms with E-state index in [2.05, 4.69) is 31.5 Å². The largest absolute Gasteiger partial charge is 0.354 e. The monoisotopic (exact) mass is 483 g/mol. The second-order valence-corrected chi connectivity index (χ2v) is 11.0. The third-order valence-electron chi connectivity index (χ3n) is 7.17. The van der Waals surface area contributed by atoms with E-state index in [0.717, 1.165) is 31.2 Å². The zero-order chi connectivity index (χ0) is 23.2. The summed E-state index contributed by atoms with van der Waals surface area (Å²) in [4.78, 5) is 38.6. The lowest BCUT2D eigenvalue weighted by atomic mass is 9.91. The second kappa shape index (κ2) is 8.68. The van der Waals surface area contributed by atoms with Gasteiger partial charge in [0.2, 0.25) is 17.8 Å². The number of carbonyl (C=O) groups is 3. The van der Waals surface area contributed by atoms with Crippen molar-refractivity contribution in [3.8, 4) is 0 Å². The lowest BCUT2D eigenvalue weighted by Gasteiger charge is -2.26. The van der Waals surface area contributed by atoms with Crippen LogP contribution in [0.3, 0.4) is 0 Å². The first-order chi connectivity index (χ1) is 16.5. The highest BCUT2D eigenvalue weighted by Crippen LogP contribution is 2.42. The van der Waals surface area contributed by atoms with Crippen LogP contribution < -0.4 is 21.3 Å². The molecule has 180 valence electrons. The maximum absolute atomic E-state index is 13.3. The summed E-state index contributed by atoms with van der Waals surface area (Å²) in [6.45, 7) is 1.26. The van der Waals surface area contributed by atoms with E-state index in [-0.39, 0.29) is 35.7 Å². The quantitative estimate of drug-likeness (QED) is 0.453. The number of amides is 3. The number of aromatic nitrogens is 3. The van der Waals surface area contributed by atoms with Gasteiger partial charge in [0.25, 0.3) is 5.91 Å². The average molecular weight is 484 g/mol. The van der Waals surface area contributed by atoms with Gasteiger partial charge in [0, 0.05) is 36.3 Å². The second-order valence-electron chi connectivity index (χ2n) is 9.93. The number of rotatable bonds is 8. The molecule has 0 bridgehead atoms. The molecule has 3 heterocycles. The molecular formula is C23H29N7O3S. The normalized spacial score (nSPS) is 23.8. The van der Waals surface area contributed by atoms with Gasteiger partial charge in [0.1, 0.15) is 11.3 Å². The highest BCUT2D eigenvalue weighted by molar-refractivity contribution is 7.17. The molecule has 10 nitrogen and oxygen atoms in total. The molecule has 0 aromatic carbocycles. The lowest BCUT2D eigenvalue weighted by Crippen LogP contribution is -2.29. The molecule has 34 heavy (non-hydrogen) atoms. The minimum Gasteiger partial charge on any atom is -0.354 e. The summed E-state index contributed by atoms with van der Waals surface area (Å²) < 4.78 is 2.03. The first-order valence-corrected chi connectivity index (χ1v) is 13.0. The Hall–Kier alpha value is -2.95. The van der Waals surface area contributed by atoms with E-state index >= 15 is 0 Å². The molecule has 11 heteroatoms. The van der Waals surface area contributed by atoms with Crippen molar-refractivity contribution in [3.63, 3.8) is 0 Å². The van der Waals surface area contributed by atoms with Crippen molar-refractivity contribution in [2.75, 3.05) is 23.7 Å². The first-order valence-electron chi connectivity index (χ1n) is 12.2. The van der Waals surface area contributed by atoms with Crippen molar-refractivity contribution in [1.29, 1.82) is 0 Å². The number of anilines is 2. The van der Waals surface area contributed by atoms with E-state index in [0.29, 0.717) is 48.4 Å². The van der Waals surface area contributed by atoms with Crippen LogP contribution in [0.1, 0.15) is 65.4 Å². The molecule has 2 aromatic rings. The third kappa shape index (κ3) is 4.40. The van der Waals surface area contributed by atoms with Gasteiger partial charge in [0.05, 0.1) is 11.6 Å². The van der Waals surface area contributed by atoms with Crippen molar-refractivity contribution in [1.82, 2.24) is 25.4 Å². The third-order valence-corrected chi connectivity index (χ3v) is 8.38. The van der Waals surface area contributed by atoms with Gasteiger partial charge in [-0.2, -0.15) is 0 Å². The minimum absolute atomic E-state index is 0.0104. The number of thiophene rings is 1. The Bertz CT molecular complexity index is 1130. The number of fused-ring (bicyclic) bond motifs is 1. The van der Waals surface area contributed by atoms with Crippen molar-refractivity contribution >= 4 is 40.0 Å². The van der Waals surface area contributed by atoms with Crippen LogP contribution in [0.2, 0.25) is 0 Å². The zero-order valence-corrected chi connectivity index (χ0v) is 19.7. The maximum atomic E-state index is 13.3. The van der Waals surface area contributed by atoms with Gasteiger partial charge in [-0.1, -0.05) is 0 Å². The molecule has 1 aliphatic heterocycles. The number of nitrogens with zero attached hydrogens (tertiary/aromatic N) is 3. The van der Waals surface area contributed by atoms with Gasteiger partial charge in [-0.25, -0.2) is 0 Å². The topological polar surface area (TPSA) is 130 Å². The summed E-state index contributed by atoms with van der Waals surface area (Å²) in [6, 6.07) is 0.0791. The summed E-state index contributed by atoms with van der Waals surface area (Å²) in [5.74, 6) is 1.28. The van der Waals surface area contributed by atoms with Crippen LogP contribution in [0, 0.1) is 11.8 Å². The molecule has 0 unspecified atom stereocenters. The Balaban J connectivity index is 1.25. The van der Waals surface area contributed by atoms with E-state index in [1.807, 2.05) is 4.57 Å². The summed E-state index contributed by atoms with van der Waals surface area (Å²) in [6.07, 6.45) is 8.71. The molecule has 0 spiro atoms. The molecule has 6 rings (SSSR count). The van der Waals surface area contributed by atoms with Crippen molar-refractivity contribution in [2.24, 2.45) is 11.8 Å². The van der Waals surface area contributed by atoms with Crippen molar-refractivity contribution in [3.05, 3.63) is 22.3 Å². The Labute approximate surface area is 201 Å². The van der Waals surface area contributed by atoms with Crippen molar-refractivity contribution < 1.29 is 14.4 Å². The number of carbonyl (C=O) groups excluding carboxylic acids is 3. The van der Waals surface area contributed by atoms with E-state index in [4.69, 9.17) is 0 Å². The molecule has 2 saturated carbocycles. The Morgan fingerprint density at radius 2 is 2.03 bits per heavy atom. The average Bonchev–Trinajstić information content (AvgIpc) is 3.73. The van der Waals surface area contributed by atoms with E-state index < -0.39 is 0 Å². The molecule has 0 radical (unpaired) electrons. The Kier molecular flexibility index (Phi) is 5.51. The molecule has 4 N–H and O–H groups in total. The Morgan fingerprint density at radius 1 is 1.18 bits per heavy atom. The zero-order valence-electron chi connectivity index (χ0n) is 18.9. The van der Waals surface area contributed by atoms with E-state index in [1.54, 1.807) is 17.7 Å². The molecular weight excluding hydrogens is 454 g/mol. The summed E-state index contributed by atoms with van der Waals surface area (Å²) >= 11 is 1.55. The predicted molar refractivity (Wildman–Crippen MR) is 127 cm³/mol. The van der Waals surface area contributed by atoms with Gasteiger partial charge in [-0.15, -0.1) is 21.5 Å². The number of hydrogen-bond donors (Lipinski definition) is 4. The highest BCUT2D eigenvalue weighted by atomic mass is 32.1. The van der Waals surface area contributed by atoms with Gasteiger partial charge >= 0.3 is 0 Å². The molecule has 2 aromatic heterocycles. The van der Waals surface area contributed by atoms with Gasteiger partial charge < -0.3 is 21.3 Å². The number of hydrogen-bond acceptors (Lipinski definition) is 7. The predicted octanol–water partition coefficient (Wildman–Crippen LogP) is 1.86. The number of nitrogens with one attached hydrogen (secondary N) is 4. The maximum Gasteiger partial charge on any atom is 0.254 e. The fraction of sp³-hybridized carbons (Fsp3) is 0.609. The molecule has 3 amide bonds. The molecule has 2 atom stereocenters. The summed E-state index contributed by atoms with van der Waals surface area (Å²) in [5, 5.41) is 21.4. The SMILES string of the molecule is O=C1C[C@@H](Nc2nncn2[C@H]2CCc3sc(NC(=O)C4CC4)c(C(=O)NCC4CC4)c3C2)CN1. The smallest absolute Gasteiger partial charge is 0.254 e. The molecule has 4 aliphatic rings. The van der Waals surface area contributed by atoms with Crippen molar-refractivity contribution in [2.45, 2.75) is 63.5 Å². The molecule has 3 fully saturated rings. The van der Waals surface area contributed by atoms with Gasteiger partial charge in [-0.05, 0) is 56.4 Å². The first kappa shape index (κ1) is 21.6. The van der Waals surface area contributed by atoms with Gasteiger partial charge in [0.15, 0.2) is 0 Å². The van der Waals surface area contributed by atoms with Crippen LogP contribution >= 0.6 is 11.3 Å². The van der Waals surface area contributed by atoms with Crippen LogP contribution in [-0.2, 0) is 22.4 Å².